The lowest BCUT2D eigenvalue weighted by atomic mass is 9.93. The van der Waals surface area contributed by atoms with Gasteiger partial charge in [-0.1, -0.05) is 33.1 Å². The molecule has 1 unspecified atom stereocenters. The highest BCUT2D eigenvalue weighted by molar-refractivity contribution is 4.82. The van der Waals surface area contributed by atoms with Gasteiger partial charge in [-0.15, -0.1) is 0 Å². The van der Waals surface area contributed by atoms with Crippen molar-refractivity contribution >= 4 is 0 Å². The van der Waals surface area contributed by atoms with E-state index in [0.717, 1.165) is 0 Å². The van der Waals surface area contributed by atoms with Gasteiger partial charge in [0.1, 0.15) is 0 Å². The summed E-state index contributed by atoms with van der Waals surface area (Å²) in [4.78, 5) is 2.53. The average Bonchev–Trinajstić information content (AvgIpc) is 2.15. The fourth-order valence-corrected chi connectivity index (χ4v) is 1.85. The van der Waals surface area contributed by atoms with E-state index in [4.69, 9.17) is 0 Å². The monoisotopic (exact) mass is 199 g/mol. The van der Waals surface area contributed by atoms with Gasteiger partial charge in [-0.3, -0.25) is 4.90 Å². The van der Waals surface area contributed by atoms with Crippen molar-refractivity contribution in [2.75, 3.05) is 7.05 Å². The van der Waals surface area contributed by atoms with E-state index < -0.39 is 0 Å². The molecule has 0 aliphatic carbocycles. The molecule has 0 saturated carbocycles. The molecule has 0 aromatic carbocycles. The minimum absolute atomic E-state index is 0.366. The third kappa shape index (κ3) is 4.45. The Hall–Kier alpha value is -0.0400. The quantitative estimate of drug-likeness (QED) is 0.559. The van der Waals surface area contributed by atoms with Crippen LogP contribution in [-0.4, -0.2) is 23.5 Å². The highest BCUT2D eigenvalue weighted by atomic mass is 15.2. The molecule has 0 bridgehead atoms. The molecule has 0 rings (SSSR count). The van der Waals surface area contributed by atoms with Crippen LogP contribution in [0.4, 0.5) is 0 Å². The predicted octanol–water partition coefficient (Wildman–Crippen LogP) is 4.08. The molecule has 0 N–H and O–H groups in total. The van der Waals surface area contributed by atoms with Crippen LogP contribution < -0.4 is 0 Å². The van der Waals surface area contributed by atoms with Gasteiger partial charge < -0.3 is 0 Å². The molecular formula is C13H29N. The van der Waals surface area contributed by atoms with E-state index in [9.17, 15) is 0 Å². The van der Waals surface area contributed by atoms with Crippen molar-refractivity contribution in [3.05, 3.63) is 0 Å². The average molecular weight is 199 g/mol. The fourth-order valence-electron chi connectivity index (χ4n) is 1.85. The Balaban J connectivity index is 4.01. The Labute approximate surface area is 90.9 Å². The lowest BCUT2D eigenvalue weighted by Gasteiger charge is -2.40. The third-order valence-electron chi connectivity index (χ3n) is 3.60. The van der Waals surface area contributed by atoms with Gasteiger partial charge in [-0.05, 0) is 40.7 Å². The third-order valence-corrected chi connectivity index (χ3v) is 3.60. The van der Waals surface area contributed by atoms with Gasteiger partial charge in [-0.25, -0.2) is 0 Å². The Kier molecular flexibility index (Phi) is 6.43. The van der Waals surface area contributed by atoms with Crippen LogP contribution in [0.5, 0.6) is 0 Å². The van der Waals surface area contributed by atoms with Crippen molar-refractivity contribution in [1.82, 2.24) is 4.90 Å². The smallest absolute Gasteiger partial charge is 0.0153 e. The predicted molar refractivity (Wildman–Crippen MR) is 65.7 cm³/mol. The molecule has 1 atom stereocenters. The van der Waals surface area contributed by atoms with Gasteiger partial charge in [0.05, 0.1) is 0 Å². The van der Waals surface area contributed by atoms with E-state index in [1.807, 2.05) is 0 Å². The summed E-state index contributed by atoms with van der Waals surface area (Å²) in [5.74, 6) is 0. The van der Waals surface area contributed by atoms with E-state index in [2.05, 4.69) is 46.6 Å². The standard InChI is InChI=1S/C13H29N/c1-7-9-10-11-13(4,5)14(6)12(3)8-2/h12H,7-11H2,1-6H3. The molecule has 86 valence electrons. The van der Waals surface area contributed by atoms with E-state index in [-0.39, 0.29) is 0 Å². The van der Waals surface area contributed by atoms with Crippen LogP contribution in [0, 0.1) is 0 Å². The maximum absolute atomic E-state index is 2.53. The molecule has 0 saturated heterocycles. The second-order valence-electron chi connectivity index (χ2n) is 5.14. The van der Waals surface area contributed by atoms with Crippen LogP contribution >= 0.6 is 0 Å². The SMILES string of the molecule is CCCCCC(C)(C)N(C)C(C)CC. The van der Waals surface area contributed by atoms with Gasteiger partial charge >= 0.3 is 0 Å². The second kappa shape index (κ2) is 6.44. The number of nitrogens with zero attached hydrogens (tertiary/aromatic N) is 1. The molecule has 0 spiro atoms. The minimum Gasteiger partial charge on any atom is -0.299 e. The van der Waals surface area contributed by atoms with E-state index in [1.54, 1.807) is 0 Å². The number of rotatable bonds is 7. The van der Waals surface area contributed by atoms with Crippen LogP contribution in [0.15, 0.2) is 0 Å². The maximum Gasteiger partial charge on any atom is 0.0153 e. The zero-order valence-electron chi connectivity index (χ0n) is 11.1. The number of unbranched alkanes of at least 4 members (excludes halogenated alkanes) is 2. The summed E-state index contributed by atoms with van der Waals surface area (Å²) >= 11 is 0. The largest absolute Gasteiger partial charge is 0.299 e. The van der Waals surface area contributed by atoms with Crippen LogP contribution in [0.3, 0.4) is 0 Å². The summed E-state index contributed by atoms with van der Waals surface area (Å²) in [6, 6.07) is 0.701. The maximum atomic E-state index is 2.53. The van der Waals surface area contributed by atoms with Gasteiger partial charge in [0.2, 0.25) is 0 Å². The fraction of sp³-hybridized carbons (Fsp3) is 1.00. The first-order valence-corrected chi connectivity index (χ1v) is 6.18. The van der Waals surface area contributed by atoms with Gasteiger partial charge in [-0.2, -0.15) is 0 Å². The molecule has 1 heteroatoms. The Morgan fingerprint density at radius 2 is 1.71 bits per heavy atom. The second-order valence-corrected chi connectivity index (χ2v) is 5.14. The van der Waals surface area contributed by atoms with Crippen molar-refractivity contribution in [2.24, 2.45) is 0 Å². The summed E-state index contributed by atoms with van der Waals surface area (Å²) in [5, 5.41) is 0. The molecular weight excluding hydrogens is 170 g/mol. The lowest BCUT2D eigenvalue weighted by molar-refractivity contribution is 0.0965. The first-order valence-electron chi connectivity index (χ1n) is 6.18. The molecule has 0 aliphatic rings. The minimum atomic E-state index is 0.366. The van der Waals surface area contributed by atoms with Gasteiger partial charge in [0.25, 0.3) is 0 Å². The zero-order valence-corrected chi connectivity index (χ0v) is 11.1. The summed E-state index contributed by atoms with van der Waals surface area (Å²) in [7, 11) is 2.26. The molecule has 0 aromatic heterocycles. The topological polar surface area (TPSA) is 3.24 Å². The van der Waals surface area contributed by atoms with Crippen molar-refractivity contribution in [1.29, 1.82) is 0 Å². The molecule has 0 heterocycles. The Morgan fingerprint density at radius 3 is 2.14 bits per heavy atom. The van der Waals surface area contributed by atoms with E-state index in [0.29, 0.717) is 11.6 Å². The van der Waals surface area contributed by atoms with E-state index >= 15 is 0 Å². The molecule has 0 fully saturated rings. The summed E-state index contributed by atoms with van der Waals surface area (Å²) in [5.41, 5.74) is 0.366. The lowest BCUT2D eigenvalue weighted by Crippen LogP contribution is -2.45. The first kappa shape index (κ1) is 14.0. The zero-order chi connectivity index (χ0) is 11.2. The van der Waals surface area contributed by atoms with Crippen LogP contribution in [-0.2, 0) is 0 Å². The molecule has 0 amide bonds. The highest BCUT2D eigenvalue weighted by Gasteiger charge is 2.25. The Morgan fingerprint density at radius 1 is 1.14 bits per heavy atom. The van der Waals surface area contributed by atoms with Crippen molar-refractivity contribution in [2.45, 2.75) is 78.3 Å². The van der Waals surface area contributed by atoms with Gasteiger partial charge in [0.15, 0.2) is 0 Å². The van der Waals surface area contributed by atoms with Crippen molar-refractivity contribution in [3.8, 4) is 0 Å². The normalized spacial score (nSPS) is 14.8. The molecule has 0 aromatic rings. The molecule has 0 aliphatic heterocycles. The van der Waals surface area contributed by atoms with Crippen molar-refractivity contribution < 1.29 is 0 Å². The number of hydrogen-bond acceptors (Lipinski definition) is 1. The summed E-state index contributed by atoms with van der Waals surface area (Å²) in [6.07, 6.45) is 6.63. The molecule has 0 radical (unpaired) electrons. The van der Waals surface area contributed by atoms with Crippen molar-refractivity contribution in [3.63, 3.8) is 0 Å². The van der Waals surface area contributed by atoms with E-state index in [1.165, 1.54) is 32.1 Å². The van der Waals surface area contributed by atoms with Crippen LogP contribution in [0.2, 0.25) is 0 Å². The number of hydrogen-bond donors (Lipinski definition) is 0. The molecule has 14 heavy (non-hydrogen) atoms. The molecule has 1 nitrogen and oxygen atoms in total. The van der Waals surface area contributed by atoms with Crippen LogP contribution in [0.1, 0.15) is 66.7 Å². The Bertz CT molecular complexity index is 140. The highest BCUT2D eigenvalue weighted by Crippen LogP contribution is 2.23. The van der Waals surface area contributed by atoms with Crippen LogP contribution in [0.25, 0.3) is 0 Å². The summed E-state index contributed by atoms with van der Waals surface area (Å²) < 4.78 is 0. The van der Waals surface area contributed by atoms with Gasteiger partial charge in [0, 0.05) is 11.6 Å². The first-order chi connectivity index (χ1) is 6.45. The summed E-state index contributed by atoms with van der Waals surface area (Å²) in [6.45, 7) is 11.6.